The molecule has 0 aliphatic rings. The van der Waals surface area contributed by atoms with Gasteiger partial charge in [0.15, 0.2) is 0 Å². The molecule has 0 bridgehead atoms. The molecule has 0 aliphatic carbocycles. The predicted molar refractivity (Wildman–Crippen MR) is 92.0 cm³/mol. The molecule has 2 heterocycles. The zero-order chi connectivity index (χ0) is 17.1. The molecule has 6 nitrogen and oxygen atoms in total. The summed E-state index contributed by atoms with van der Waals surface area (Å²) in [7, 11) is 0. The van der Waals surface area contributed by atoms with Gasteiger partial charge >= 0.3 is 0 Å². The summed E-state index contributed by atoms with van der Waals surface area (Å²) in [5.41, 5.74) is 3.01. The third kappa shape index (κ3) is 3.55. The molecule has 3 aromatic rings. The number of aromatic nitrogens is 3. The fraction of sp³-hybridized carbons (Fsp3) is 0.111. The number of hydrogen-bond donors (Lipinski definition) is 2. The molecule has 2 aromatic heterocycles. The number of pyridine rings is 1. The number of aryl methyl sites for hydroxylation is 2. The van der Waals surface area contributed by atoms with Crippen molar-refractivity contribution in [2.45, 2.75) is 13.8 Å². The molecule has 1 amide bonds. The first-order valence-electron chi connectivity index (χ1n) is 7.45. The highest BCUT2D eigenvalue weighted by Crippen LogP contribution is 2.17. The van der Waals surface area contributed by atoms with Crippen LogP contribution in [0, 0.1) is 13.8 Å². The van der Waals surface area contributed by atoms with E-state index < -0.39 is 0 Å². The lowest BCUT2D eigenvalue weighted by molar-refractivity contribution is 0.102. The molecule has 0 spiro atoms. The second-order valence-corrected chi connectivity index (χ2v) is 5.43. The molecular formula is C18H16N4O2. The number of anilines is 1. The zero-order valence-corrected chi connectivity index (χ0v) is 13.3. The fourth-order valence-electron chi connectivity index (χ4n) is 2.29. The van der Waals surface area contributed by atoms with E-state index in [0.717, 1.165) is 11.3 Å². The van der Waals surface area contributed by atoms with Crippen LogP contribution in [-0.4, -0.2) is 20.9 Å². The van der Waals surface area contributed by atoms with Gasteiger partial charge in [0.2, 0.25) is 0 Å². The number of rotatable bonds is 3. The Morgan fingerprint density at radius 1 is 1.00 bits per heavy atom. The van der Waals surface area contributed by atoms with Crippen LogP contribution >= 0.6 is 0 Å². The van der Waals surface area contributed by atoms with E-state index in [0.29, 0.717) is 22.9 Å². The lowest BCUT2D eigenvalue weighted by Crippen LogP contribution is -2.14. The van der Waals surface area contributed by atoms with Crippen LogP contribution in [0.3, 0.4) is 0 Å². The van der Waals surface area contributed by atoms with Crippen molar-refractivity contribution in [3.05, 3.63) is 76.0 Å². The van der Waals surface area contributed by atoms with E-state index in [9.17, 15) is 9.59 Å². The van der Waals surface area contributed by atoms with Crippen LogP contribution in [0.5, 0.6) is 0 Å². The maximum atomic E-state index is 12.2. The number of hydrogen-bond acceptors (Lipinski definition) is 4. The Morgan fingerprint density at radius 3 is 2.42 bits per heavy atom. The number of H-pyrrole nitrogens is 1. The standard InChI is InChI=1S/C18H16N4O2/c1-11-4-3-5-15(19-11)18(24)21-14-8-6-13(7-9-14)17-20-12(2)10-16(23)22-17/h3-10H,1-2H3,(H,21,24)(H,20,22,23). The van der Waals surface area contributed by atoms with Crippen molar-refractivity contribution in [2.75, 3.05) is 5.32 Å². The van der Waals surface area contributed by atoms with E-state index in [1.165, 1.54) is 6.07 Å². The van der Waals surface area contributed by atoms with E-state index in [4.69, 9.17) is 0 Å². The maximum Gasteiger partial charge on any atom is 0.274 e. The van der Waals surface area contributed by atoms with Gasteiger partial charge in [-0.05, 0) is 50.2 Å². The van der Waals surface area contributed by atoms with Gasteiger partial charge in [0.1, 0.15) is 11.5 Å². The van der Waals surface area contributed by atoms with Crippen molar-refractivity contribution in [3.8, 4) is 11.4 Å². The molecule has 24 heavy (non-hydrogen) atoms. The SMILES string of the molecule is Cc1cccc(C(=O)Nc2ccc(-c3nc(C)cc(=O)[nH]3)cc2)n1. The van der Waals surface area contributed by atoms with Crippen LogP contribution in [0.25, 0.3) is 11.4 Å². The van der Waals surface area contributed by atoms with Crippen molar-refractivity contribution in [3.63, 3.8) is 0 Å². The van der Waals surface area contributed by atoms with Crippen molar-refractivity contribution in [2.24, 2.45) is 0 Å². The van der Waals surface area contributed by atoms with Crippen LogP contribution in [0.1, 0.15) is 21.9 Å². The normalized spacial score (nSPS) is 10.4. The first-order valence-corrected chi connectivity index (χ1v) is 7.45. The highest BCUT2D eigenvalue weighted by atomic mass is 16.2. The summed E-state index contributed by atoms with van der Waals surface area (Å²) in [6.07, 6.45) is 0. The second kappa shape index (κ2) is 6.45. The second-order valence-electron chi connectivity index (χ2n) is 5.43. The third-order valence-corrected chi connectivity index (χ3v) is 3.41. The van der Waals surface area contributed by atoms with Crippen LogP contribution < -0.4 is 10.9 Å². The molecule has 120 valence electrons. The Hall–Kier alpha value is -3.28. The largest absolute Gasteiger partial charge is 0.321 e. The molecule has 0 unspecified atom stereocenters. The summed E-state index contributed by atoms with van der Waals surface area (Å²) < 4.78 is 0. The Bertz CT molecular complexity index is 946. The van der Waals surface area contributed by atoms with Gasteiger partial charge in [-0.15, -0.1) is 0 Å². The van der Waals surface area contributed by atoms with Gasteiger partial charge in [-0.25, -0.2) is 9.97 Å². The minimum Gasteiger partial charge on any atom is -0.321 e. The van der Waals surface area contributed by atoms with E-state index in [1.807, 2.05) is 13.0 Å². The number of aromatic amines is 1. The summed E-state index contributed by atoms with van der Waals surface area (Å²) in [6.45, 7) is 3.60. The van der Waals surface area contributed by atoms with Crippen molar-refractivity contribution in [1.29, 1.82) is 0 Å². The first kappa shape index (κ1) is 15.6. The van der Waals surface area contributed by atoms with Crippen LogP contribution in [-0.2, 0) is 0 Å². The average Bonchev–Trinajstić information content (AvgIpc) is 2.54. The van der Waals surface area contributed by atoms with Gasteiger partial charge in [-0.3, -0.25) is 9.59 Å². The molecule has 2 N–H and O–H groups in total. The summed E-state index contributed by atoms with van der Waals surface area (Å²) in [5.74, 6) is 0.228. The van der Waals surface area contributed by atoms with Crippen LogP contribution in [0.2, 0.25) is 0 Å². The lowest BCUT2D eigenvalue weighted by Gasteiger charge is -2.07. The Labute approximate surface area is 138 Å². The highest BCUT2D eigenvalue weighted by Gasteiger charge is 2.08. The lowest BCUT2D eigenvalue weighted by atomic mass is 10.2. The van der Waals surface area contributed by atoms with Gasteiger partial charge in [-0.2, -0.15) is 0 Å². The van der Waals surface area contributed by atoms with Gasteiger partial charge in [-0.1, -0.05) is 6.07 Å². The summed E-state index contributed by atoms with van der Waals surface area (Å²) in [5, 5.41) is 2.79. The molecule has 0 fully saturated rings. The third-order valence-electron chi connectivity index (χ3n) is 3.41. The molecule has 0 atom stereocenters. The number of carbonyl (C=O) groups excluding carboxylic acids is 1. The van der Waals surface area contributed by atoms with E-state index in [2.05, 4.69) is 20.3 Å². The molecule has 0 radical (unpaired) electrons. The summed E-state index contributed by atoms with van der Waals surface area (Å²) in [6, 6.07) is 13.8. The molecule has 0 saturated carbocycles. The monoisotopic (exact) mass is 320 g/mol. The molecule has 0 saturated heterocycles. The number of nitrogens with one attached hydrogen (secondary N) is 2. The Kier molecular flexibility index (Phi) is 4.20. The van der Waals surface area contributed by atoms with Crippen molar-refractivity contribution in [1.82, 2.24) is 15.0 Å². The zero-order valence-electron chi connectivity index (χ0n) is 13.3. The maximum absolute atomic E-state index is 12.2. The first-order chi connectivity index (χ1) is 11.5. The van der Waals surface area contributed by atoms with E-state index in [-0.39, 0.29) is 11.5 Å². The number of benzene rings is 1. The van der Waals surface area contributed by atoms with E-state index >= 15 is 0 Å². The fourth-order valence-corrected chi connectivity index (χ4v) is 2.29. The summed E-state index contributed by atoms with van der Waals surface area (Å²) >= 11 is 0. The van der Waals surface area contributed by atoms with Crippen molar-refractivity contribution >= 4 is 11.6 Å². The Balaban J connectivity index is 1.79. The highest BCUT2D eigenvalue weighted by molar-refractivity contribution is 6.02. The molecule has 1 aromatic carbocycles. The number of carbonyl (C=O) groups is 1. The molecular weight excluding hydrogens is 304 g/mol. The Morgan fingerprint density at radius 2 is 1.75 bits per heavy atom. The van der Waals surface area contributed by atoms with Gasteiger partial charge in [0.05, 0.1) is 0 Å². The topological polar surface area (TPSA) is 87.7 Å². The minimum absolute atomic E-state index is 0.194. The number of nitrogens with zero attached hydrogens (tertiary/aromatic N) is 2. The van der Waals surface area contributed by atoms with Gasteiger partial charge in [0, 0.05) is 28.7 Å². The predicted octanol–water partition coefficient (Wildman–Crippen LogP) is 2.70. The molecule has 3 rings (SSSR count). The van der Waals surface area contributed by atoms with Gasteiger partial charge in [0.25, 0.3) is 11.5 Å². The molecule has 0 aliphatic heterocycles. The smallest absolute Gasteiger partial charge is 0.274 e. The minimum atomic E-state index is -0.270. The van der Waals surface area contributed by atoms with Crippen LogP contribution in [0.4, 0.5) is 5.69 Å². The summed E-state index contributed by atoms with van der Waals surface area (Å²) in [4.78, 5) is 34.9. The van der Waals surface area contributed by atoms with Crippen molar-refractivity contribution < 1.29 is 4.79 Å². The number of amides is 1. The van der Waals surface area contributed by atoms with E-state index in [1.54, 1.807) is 43.3 Å². The van der Waals surface area contributed by atoms with Crippen LogP contribution in [0.15, 0.2) is 53.3 Å². The quantitative estimate of drug-likeness (QED) is 0.776. The molecule has 6 heteroatoms. The van der Waals surface area contributed by atoms with Gasteiger partial charge < -0.3 is 10.3 Å². The average molecular weight is 320 g/mol.